The van der Waals surface area contributed by atoms with E-state index < -0.39 is 25.5 Å². The van der Waals surface area contributed by atoms with Gasteiger partial charge < -0.3 is 0 Å². The van der Waals surface area contributed by atoms with Crippen LogP contribution in [0.3, 0.4) is 0 Å². The summed E-state index contributed by atoms with van der Waals surface area (Å²) in [5.41, 5.74) is -1.66. The van der Waals surface area contributed by atoms with Crippen molar-refractivity contribution >= 4 is 33.2 Å². The molecule has 0 aromatic carbocycles. The molecule has 2 saturated heterocycles. The molecule has 1 unspecified atom stereocenters. The van der Waals surface area contributed by atoms with Gasteiger partial charge in [-0.3, -0.25) is 4.84 Å². The number of fused-ring (bicyclic) bond motifs is 1. The summed E-state index contributed by atoms with van der Waals surface area (Å²) in [5.74, 6) is 0.198. The first-order valence-corrected chi connectivity index (χ1v) is 8.10. The van der Waals surface area contributed by atoms with Crippen LogP contribution in [0.1, 0.15) is 26.7 Å². The molecule has 0 aromatic heterocycles. The number of halogens is 2. The van der Waals surface area contributed by atoms with Gasteiger partial charge in [-0.25, -0.2) is 8.42 Å². The summed E-state index contributed by atoms with van der Waals surface area (Å²) in [6.07, 6.45) is 1.69. The molecule has 0 radical (unpaired) electrons. The lowest BCUT2D eigenvalue weighted by atomic mass is 9.68. The summed E-state index contributed by atoms with van der Waals surface area (Å²) in [6, 6.07) is 0. The number of sulfonamides is 1. The van der Waals surface area contributed by atoms with Gasteiger partial charge >= 0.3 is 0 Å². The Hall–Kier alpha value is 0.450. The molecule has 0 N–H and O–H groups in total. The minimum atomic E-state index is -3.36. The van der Waals surface area contributed by atoms with E-state index >= 15 is 0 Å². The predicted molar refractivity (Wildman–Crippen MR) is 62.8 cm³/mol. The van der Waals surface area contributed by atoms with Crippen LogP contribution in [0.5, 0.6) is 0 Å². The highest BCUT2D eigenvalue weighted by molar-refractivity contribution is 7.89. The molecular weight excluding hydrogens is 285 g/mol. The van der Waals surface area contributed by atoms with Gasteiger partial charge in [-0.2, -0.15) is 0 Å². The number of hydrogen-bond acceptors (Lipinski definition) is 3. The fourth-order valence-corrected chi connectivity index (χ4v) is 8.56. The van der Waals surface area contributed by atoms with Gasteiger partial charge in [0.2, 0.25) is 15.7 Å². The highest BCUT2D eigenvalue weighted by Crippen LogP contribution is 2.85. The molecule has 4 rings (SSSR count). The van der Waals surface area contributed by atoms with Crippen molar-refractivity contribution in [3.63, 3.8) is 0 Å². The first-order chi connectivity index (χ1) is 7.64. The Labute approximate surface area is 110 Å². The molecule has 2 spiro atoms. The summed E-state index contributed by atoms with van der Waals surface area (Å²) in [7, 11) is -3.36. The summed E-state index contributed by atoms with van der Waals surface area (Å²) in [5, 5.41) is 0. The molecule has 7 heteroatoms. The van der Waals surface area contributed by atoms with Crippen LogP contribution < -0.4 is 0 Å². The largest absolute Gasteiger partial charge is 0.251 e. The van der Waals surface area contributed by atoms with Crippen LogP contribution in [0.2, 0.25) is 0 Å². The van der Waals surface area contributed by atoms with Gasteiger partial charge in [0.1, 0.15) is 0 Å². The first kappa shape index (κ1) is 11.3. The van der Waals surface area contributed by atoms with E-state index in [0.29, 0.717) is 0 Å². The second-order valence-electron chi connectivity index (χ2n) is 6.24. The van der Waals surface area contributed by atoms with E-state index in [1.165, 1.54) is 0 Å². The molecule has 4 atom stereocenters. The molecule has 4 aliphatic rings. The Morgan fingerprint density at radius 2 is 2.00 bits per heavy atom. The average Bonchev–Trinajstić information content (AvgIpc) is 2.78. The molecule has 4 nitrogen and oxygen atoms in total. The topological polar surface area (TPSA) is 49.7 Å². The van der Waals surface area contributed by atoms with Crippen molar-refractivity contribution in [2.24, 2.45) is 16.7 Å². The van der Waals surface area contributed by atoms with Gasteiger partial charge in [0.25, 0.3) is 0 Å². The Kier molecular flexibility index (Phi) is 1.59. The average molecular weight is 298 g/mol. The number of rotatable bonds is 0. The van der Waals surface area contributed by atoms with Crippen LogP contribution in [0, 0.1) is 16.7 Å². The molecule has 96 valence electrons. The Morgan fingerprint density at radius 1 is 1.35 bits per heavy atom. The van der Waals surface area contributed by atoms with Crippen LogP contribution in [0.4, 0.5) is 0 Å². The van der Waals surface area contributed by atoms with Gasteiger partial charge in [-0.1, -0.05) is 37.0 Å². The molecule has 4 fully saturated rings. The van der Waals surface area contributed by atoms with Crippen LogP contribution in [0.15, 0.2) is 0 Å². The summed E-state index contributed by atoms with van der Waals surface area (Å²) in [4.78, 5) is 5.44. The van der Waals surface area contributed by atoms with Gasteiger partial charge in [0, 0.05) is 11.3 Å². The monoisotopic (exact) mass is 297 g/mol. The van der Waals surface area contributed by atoms with E-state index in [9.17, 15) is 8.42 Å². The predicted octanol–water partition coefficient (Wildman–Crippen LogP) is 1.88. The maximum atomic E-state index is 12.1. The molecule has 2 saturated carbocycles. The van der Waals surface area contributed by atoms with Gasteiger partial charge in [-0.05, 0) is 22.7 Å². The highest BCUT2D eigenvalue weighted by Gasteiger charge is 2.97. The molecule has 2 aliphatic carbocycles. The maximum Gasteiger partial charge on any atom is 0.239 e. The molecule has 2 bridgehead atoms. The maximum absolute atomic E-state index is 12.1. The normalized spacial score (nSPS) is 58.8. The van der Waals surface area contributed by atoms with E-state index in [-0.39, 0.29) is 17.1 Å². The quantitative estimate of drug-likeness (QED) is 0.507. The molecule has 17 heavy (non-hydrogen) atoms. The van der Waals surface area contributed by atoms with Gasteiger partial charge in [0.05, 0.1) is 5.75 Å². The third kappa shape index (κ3) is 0.778. The van der Waals surface area contributed by atoms with E-state index in [1.54, 1.807) is 0 Å². The third-order valence-electron chi connectivity index (χ3n) is 5.62. The summed E-state index contributed by atoms with van der Waals surface area (Å²) in [6.45, 7) is 4.14. The van der Waals surface area contributed by atoms with Crippen LogP contribution in [-0.2, 0) is 14.9 Å². The lowest BCUT2D eigenvalue weighted by Crippen LogP contribution is -2.48. The Morgan fingerprint density at radius 3 is 2.53 bits per heavy atom. The van der Waals surface area contributed by atoms with Gasteiger partial charge in [0.15, 0.2) is 4.33 Å². The SMILES string of the molecule is CC1(C)[C@@H]2CC[C@]13CS(=O)(=O)N1O[C@]13C2(Cl)Cl. The zero-order valence-corrected chi connectivity index (χ0v) is 11.9. The number of hydroxylamine groups is 1. The van der Waals surface area contributed by atoms with Gasteiger partial charge in [-0.15, -0.1) is 0 Å². The van der Waals surface area contributed by atoms with Crippen molar-refractivity contribution in [3.8, 4) is 0 Å². The van der Waals surface area contributed by atoms with Crippen molar-refractivity contribution in [1.29, 1.82) is 0 Å². The third-order valence-corrected chi connectivity index (χ3v) is 8.36. The fourth-order valence-electron chi connectivity index (χ4n) is 4.73. The summed E-state index contributed by atoms with van der Waals surface area (Å²) >= 11 is 13.0. The number of hydrogen-bond donors (Lipinski definition) is 0. The molecule has 0 aromatic rings. The lowest BCUT2D eigenvalue weighted by Gasteiger charge is -2.36. The van der Waals surface area contributed by atoms with Crippen LogP contribution in [0.25, 0.3) is 0 Å². The van der Waals surface area contributed by atoms with E-state index in [2.05, 4.69) is 13.8 Å². The highest BCUT2D eigenvalue weighted by atomic mass is 35.5. The first-order valence-electron chi connectivity index (χ1n) is 5.74. The fraction of sp³-hybridized carbons (Fsp3) is 1.00. The molecule has 2 heterocycles. The number of alkyl halides is 2. The van der Waals surface area contributed by atoms with Crippen molar-refractivity contribution in [2.45, 2.75) is 36.7 Å². The van der Waals surface area contributed by atoms with Crippen molar-refractivity contribution in [2.75, 3.05) is 5.75 Å². The molecule has 2 aliphatic heterocycles. The standard InChI is InChI=1S/C10H13Cl2NO3S/c1-7(2)6-3-4-8(7)5-17(14,15)13-10(8,16-13)9(6,11)12/h6H,3-5H2,1-2H3/t6-,8-,10+,13?/m0/s1. The minimum absolute atomic E-state index is 0.0823. The van der Waals surface area contributed by atoms with E-state index in [0.717, 1.165) is 17.3 Å². The minimum Gasteiger partial charge on any atom is -0.251 e. The second-order valence-corrected chi connectivity index (χ2v) is 9.41. The Bertz CT molecular complexity index is 538. The Balaban J connectivity index is 2.05. The van der Waals surface area contributed by atoms with E-state index in [1.807, 2.05) is 0 Å². The number of nitrogens with zero attached hydrogens (tertiary/aromatic N) is 1. The van der Waals surface area contributed by atoms with Crippen molar-refractivity contribution in [3.05, 3.63) is 0 Å². The lowest BCUT2D eigenvalue weighted by molar-refractivity contribution is 0.0704. The van der Waals surface area contributed by atoms with Crippen molar-refractivity contribution in [1.82, 2.24) is 4.47 Å². The molecular formula is C10H13Cl2NO3S. The van der Waals surface area contributed by atoms with Crippen LogP contribution in [-0.4, -0.2) is 28.7 Å². The van der Waals surface area contributed by atoms with Crippen molar-refractivity contribution < 1.29 is 13.3 Å². The zero-order valence-electron chi connectivity index (χ0n) is 9.53. The molecule has 0 amide bonds. The van der Waals surface area contributed by atoms with Crippen LogP contribution >= 0.6 is 23.2 Å². The second kappa shape index (κ2) is 2.40. The smallest absolute Gasteiger partial charge is 0.239 e. The summed E-state index contributed by atoms with van der Waals surface area (Å²) < 4.78 is 24.1. The van der Waals surface area contributed by atoms with E-state index in [4.69, 9.17) is 28.0 Å². The zero-order chi connectivity index (χ0) is 12.5.